The van der Waals surface area contributed by atoms with Crippen molar-refractivity contribution < 1.29 is 4.79 Å². The maximum Gasteiger partial charge on any atom is 0.252 e. The summed E-state index contributed by atoms with van der Waals surface area (Å²) >= 11 is 0. The molecule has 0 saturated carbocycles. The van der Waals surface area contributed by atoms with E-state index in [-0.39, 0.29) is 11.8 Å². The molecule has 0 N–H and O–H groups in total. The van der Waals surface area contributed by atoms with Gasteiger partial charge in [0, 0.05) is 18.0 Å². The molecule has 1 unspecified atom stereocenters. The second kappa shape index (κ2) is 8.22. The summed E-state index contributed by atoms with van der Waals surface area (Å²) in [6, 6.07) is 9.78. The van der Waals surface area contributed by atoms with E-state index in [9.17, 15) is 9.70 Å². The number of rotatable bonds is 9. The van der Waals surface area contributed by atoms with Crippen molar-refractivity contribution in [2.24, 2.45) is 11.1 Å². The summed E-state index contributed by atoms with van der Waals surface area (Å²) in [7, 11) is 0. The summed E-state index contributed by atoms with van der Waals surface area (Å²) in [6.07, 6.45) is 6.99. The van der Waals surface area contributed by atoms with Crippen LogP contribution >= 0.6 is 0 Å². The Bertz CT molecular complexity index is 595. The second-order valence-corrected chi connectivity index (χ2v) is 6.89. The summed E-state index contributed by atoms with van der Waals surface area (Å²) in [5.41, 5.74) is 0.697. The first-order chi connectivity index (χ1) is 11.5. The van der Waals surface area contributed by atoms with Crippen LogP contribution in [0.1, 0.15) is 58.4 Å². The van der Waals surface area contributed by atoms with E-state index >= 15 is 0 Å². The Balaban J connectivity index is 2.22. The lowest BCUT2D eigenvalue weighted by Gasteiger charge is -2.35. The largest absolute Gasteiger partial charge is 0.303 e. The monoisotopic (exact) mass is 328 g/mol. The Morgan fingerprint density at radius 3 is 2.42 bits per heavy atom. The fraction of sp³-hybridized carbons (Fsp3) is 0.550. The van der Waals surface area contributed by atoms with Crippen LogP contribution in [-0.4, -0.2) is 16.5 Å². The molecule has 0 fully saturated rings. The van der Waals surface area contributed by atoms with E-state index in [0.717, 1.165) is 30.4 Å². The Labute approximate surface area is 144 Å². The van der Waals surface area contributed by atoms with Gasteiger partial charge >= 0.3 is 0 Å². The third kappa shape index (κ3) is 3.74. The number of carbonyl (C=O) groups excluding carboxylic acids is 1. The normalized spacial score (nSPS) is 20.6. The minimum atomic E-state index is -1.06. The molecular weight excluding hydrogens is 300 g/mol. The minimum Gasteiger partial charge on any atom is -0.303 e. The summed E-state index contributed by atoms with van der Waals surface area (Å²) in [5, 5.41) is 3.42. The van der Waals surface area contributed by atoms with E-state index in [2.05, 4.69) is 12.1 Å². The minimum absolute atomic E-state index is 0.0383. The highest BCUT2D eigenvalue weighted by atomic mass is 16.3. The average Bonchev–Trinajstić information content (AvgIpc) is 2.86. The molecule has 0 saturated heterocycles. The number of hydrogen-bond acceptors (Lipinski definition) is 3. The molecule has 0 aliphatic carbocycles. The smallest absolute Gasteiger partial charge is 0.252 e. The van der Waals surface area contributed by atoms with Crippen molar-refractivity contribution in [3.05, 3.63) is 52.5 Å². The second-order valence-electron chi connectivity index (χ2n) is 6.89. The summed E-state index contributed by atoms with van der Waals surface area (Å²) in [5.74, 6) is -0.0977. The van der Waals surface area contributed by atoms with E-state index in [0.29, 0.717) is 6.54 Å². The standard InChI is InChI=1S/C20H28N2O2/c1-4-5-6-10-13-18-14-20(21-24,16(2)3)22(19(18)23)15-17-11-8-7-9-12-17/h7-9,11-12,14,16H,4-6,10,13,15H2,1-3H3. The molecule has 130 valence electrons. The van der Waals surface area contributed by atoms with E-state index in [1.165, 1.54) is 12.8 Å². The molecule has 0 spiro atoms. The van der Waals surface area contributed by atoms with Gasteiger partial charge in [-0.2, -0.15) is 0 Å². The third-order valence-electron chi connectivity index (χ3n) is 4.82. The molecule has 1 aliphatic rings. The number of unbranched alkanes of at least 4 members (excludes halogenated alkanes) is 3. The van der Waals surface area contributed by atoms with Crippen LogP contribution in [0, 0.1) is 10.8 Å². The highest BCUT2D eigenvalue weighted by Crippen LogP contribution is 2.38. The maximum atomic E-state index is 12.9. The molecule has 1 aliphatic heterocycles. The van der Waals surface area contributed by atoms with E-state index in [4.69, 9.17) is 0 Å². The van der Waals surface area contributed by atoms with Crippen LogP contribution in [0.4, 0.5) is 0 Å². The molecule has 4 heteroatoms. The van der Waals surface area contributed by atoms with Gasteiger partial charge < -0.3 is 4.90 Å². The molecule has 2 rings (SSSR count). The molecule has 1 aromatic carbocycles. The zero-order chi connectivity index (χ0) is 17.6. The van der Waals surface area contributed by atoms with Gasteiger partial charge in [0.1, 0.15) is 0 Å². The van der Waals surface area contributed by atoms with Crippen molar-refractivity contribution in [1.82, 2.24) is 4.90 Å². The molecule has 0 bridgehead atoms. The van der Waals surface area contributed by atoms with Crippen LogP contribution in [0.3, 0.4) is 0 Å². The number of nitroso groups, excluding NO2 is 1. The van der Waals surface area contributed by atoms with Crippen LogP contribution < -0.4 is 0 Å². The molecule has 1 atom stereocenters. The Morgan fingerprint density at radius 1 is 1.12 bits per heavy atom. The van der Waals surface area contributed by atoms with Gasteiger partial charge in [0.05, 0.1) is 0 Å². The predicted molar refractivity (Wildman–Crippen MR) is 97.2 cm³/mol. The molecular formula is C20H28N2O2. The number of amides is 1. The van der Waals surface area contributed by atoms with Gasteiger partial charge in [-0.3, -0.25) is 4.79 Å². The summed E-state index contributed by atoms with van der Waals surface area (Å²) < 4.78 is 0. The number of hydrogen-bond donors (Lipinski definition) is 0. The Kier molecular flexibility index (Phi) is 6.29. The zero-order valence-corrected chi connectivity index (χ0v) is 15.0. The van der Waals surface area contributed by atoms with Gasteiger partial charge in [0.2, 0.25) is 0 Å². The van der Waals surface area contributed by atoms with Crippen LogP contribution in [0.5, 0.6) is 0 Å². The number of carbonyl (C=O) groups is 1. The Hall–Kier alpha value is -1.97. The number of nitrogens with zero attached hydrogens (tertiary/aromatic N) is 2. The van der Waals surface area contributed by atoms with Crippen molar-refractivity contribution in [3.63, 3.8) is 0 Å². The van der Waals surface area contributed by atoms with E-state index in [1.54, 1.807) is 4.90 Å². The lowest BCUT2D eigenvalue weighted by molar-refractivity contribution is -0.131. The molecule has 1 heterocycles. The molecule has 1 amide bonds. The van der Waals surface area contributed by atoms with Gasteiger partial charge in [0.15, 0.2) is 5.66 Å². The topological polar surface area (TPSA) is 49.7 Å². The molecule has 4 nitrogen and oxygen atoms in total. The number of benzene rings is 1. The highest BCUT2D eigenvalue weighted by Gasteiger charge is 2.48. The van der Waals surface area contributed by atoms with E-state index in [1.807, 2.05) is 50.3 Å². The van der Waals surface area contributed by atoms with E-state index < -0.39 is 5.66 Å². The van der Waals surface area contributed by atoms with Gasteiger partial charge in [-0.1, -0.05) is 70.4 Å². The summed E-state index contributed by atoms with van der Waals surface area (Å²) in [6.45, 7) is 6.48. The van der Waals surface area contributed by atoms with Crippen molar-refractivity contribution in [1.29, 1.82) is 0 Å². The molecule has 0 radical (unpaired) electrons. The average molecular weight is 328 g/mol. The van der Waals surface area contributed by atoms with Gasteiger partial charge in [-0.15, -0.1) is 4.91 Å². The van der Waals surface area contributed by atoms with Crippen molar-refractivity contribution >= 4 is 5.91 Å². The first-order valence-electron chi connectivity index (χ1n) is 8.97. The molecule has 1 aromatic rings. The SMILES string of the molecule is CCCCCCC1=CC(N=O)(C(C)C)N(Cc2ccccc2)C1=O. The van der Waals surface area contributed by atoms with Gasteiger partial charge in [0.25, 0.3) is 5.91 Å². The van der Waals surface area contributed by atoms with Gasteiger partial charge in [-0.05, 0) is 29.7 Å². The first kappa shape index (κ1) is 18.4. The fourth-order valence-corrected chi connectivity index (χ4v) is 3.28. The lowest BCUT2D eigenvalue weighted by atomic mass is 9.95. The molecule has 24 heavy (non-hydrogen) atoms. The van der Waals surface area contributed by atoms with Gasteiger partial charge in [-0.25, -0.2) is 0 Å². The molecule has 0 aromatic heterocycles. The van der Waals surface area contributed by atoms with Crippen LogP contribution in [0.15, 0.2) is 47.2 Å². The first-order valence-corrected chi connectivity index (χ1v) is 8.97. The van der Waals surface area contributed by atoms with Crippen molar-refractivity contribution in [3.8, 4) is 0 Å². The lowest BCUT2D eigenvalue weighted by Crippen LogP contribution is -2.48. The summed E-state index contributed by atoms with van der Waals surface area (Å²) in [4.78, 5) is 26.3. The maximum absolute atomic E-state index is 12.9. The predicted octanol–water partition coefficient (Wildman–Crippen LogP) is 5.04. The zero-order valence-electron chi connectivity index (χ0n) is 15.0. The van der Waals surface area contributed by atoms with Crippen LogP contribution in [0.25, 0.3) is 0 Å². The van der Waals surface area contributed by atoms with Crippen LogP contribution in [0.2, 0.25) is 0 Å². The van der Waals surface area contributed by atoms with Crippen LogP contribution in [-0.2, 0) is 11.3 Å². The van der Waals surface area contributed by atoms with Crippen molar-refractivity contribution in [2.45, 2.75) is 65.1 Å². The quantitative estimate of drug-likeness (QED) is 0.471. The Morgan fingerprint density at radius 2 is 1.83 bits per heavy atom. The fourth-order valence-electron chi connectivity index (χ4n) is 3.28. The highest BCUT2D eigenvalue weighted by molar-refractivity contribution is 5.97. The third-order valence-corrected chi connectivity index (χ3v) is 4.82. The van der Waals surface area contributed by atoms with Crippen molar-refractivity contribution in [2.75, 3.05) is 0 Å².